The van der Waals surface area contributed by atoms with Crippen LogP contribution in [0.4, 0.5) is 8.78 Å². The van der Waals surface area contributed by atoms with Crippen LogP contribution in [0.3, 0.4) is 0 Å². The summed E-state index contributed by atoms with van der Waals surface area (Å²) < 4.78 is 26.4. The van der Waals surface area contributed by atoms with Gasteiger partial charge in [0.05, 0.1) is 11.6 Å². The summed E-state index contributed by atoms with van der Waals surface area (Å²) >= 11 is 0. The highest BCUT2D eigenvalue weighted by molar-refractivity contribution is 5.98. The number of ketones is 1. The standard InChI is InChI=1S/C25H21F2NO3/c1-3-19(26)9-4-16(2)28-24(18-7-12-21(29)13-8-18)22(25(28)31)14-15-23(30)17-5-10-20(27)11-6-17/h3,5-7,10-13,22,29H,2,8,14-15H2,1H3/b19-3+,24-18+/t22-/m1/s1. The number of nitrogens with zero attached hydrogens (tertiary/aromatic N) is 1. The van der Waals surface area contributed by atoms with Gasteiger partial charge in [-0.15, -0.1) is 0 Å². The van der Waals surface area contributed by atoms with Gasteiger partial charge in [-0.05, 0) is 79.7 Å². The molecule has 1 atom stereocenters. The number of allylic oxidation sites excluding steroid dienone is 7. The van der Waals surface area contributed by atoms with Gasteiger partial charge in [0.15, 0.2) is 11.6 Å². The van der Waals surface area contributed by atoms with Crippen molar-refractivity contribution in [2.45, 2.75) is 26.2 Å². The number of hydrogen-bond donors (Lipinski definition) is 1. The molecule has 0 bridgehead atoms. The SMILES string of the molecule is C=C(C#C/C(F)=C\C)N1C(=O)[C@H](CCC(=O)c2ccc(F)cc2)/C1=C1/C=CC(O)=CC1. The number of benzene rings is 1. The van der Waals surface area contributed by atoms with Crippen molar-refractivity contribution in [3.63, 3.8) is 0 Å². The summed E-state index contributed by atoms with van der Waals surface area (Å²) in [7, 11) is 0. The number of β-lactam (4-membered cyclic amide) rings is 1. The molecule has 0 radical (unpaired) electrons. The summed E-state index contributed by atoms with van der Waals surface area (Å²) in [6.45, 7) is 5.30. The first-order valence-electron chi connectivity index (χ1n) is 9.77. The molecule has 1 heterocycles. The van der Waals surface area contributed by atoms with Gasteiger partial charge >= 0.3 is 0 Å². The van der Waals surface area contributed by atoms with E-state index in [-0.39, 0.29) is 36.0 Å². The number of likely N-dealkylation sites (tertiary alicyclic amines) is 1. The molecule has 1 aliphatic heterocycles. The molecule has 0 saturated carbocycles. The van der Waals surface area contributed by atoms with Gasteiger partial charge in [0.1, 0.15) is 11.6 Å². The van der Waals surface area contributed by atoms with Gasteiger partial charge in [0.25, 0.3) is 0 Å². The van der Waals surface area contributed by atoms with E-state index in [9.17, 15) is 23.5 Å². The van der Waals surface area contributed by atoms with Crippen molar-refractivity contribution >= 4 is 11.7 Å². The van der Waals surface area contributed by atoms with Crippen molar-refractivity contribution in [1.29, 1.82) is 0 Å². The lowest BCUT2D eigenvalue weighted by molar-refractivity contribution is -0.138. The molecule has 3 rings (SSSR count). The number of amides is 1. The average molecular weight is 421 g/mol. The Balaban J connectivity index is 1.81. The smallest absolute Gasteiger partial charge is 0.240 e. The first-order valence-corrected chi connectivity index (χ1v) is 9.77. The lowest BCUT2D eigenvalue weighted by Gasteiger charge is -2.42. The number of aliphatic hydroxyl groups is 1. The highest BCUT2D eigenvalue weighted by Crippen LogP contribution is 2.41. The third-order valence-corrected chi connectivity index (χ3v) is 5.08. The number of carbonyl (C=O) groups is 2. The van der Waals surface area contributed by atoms with Crippen LogP contribution >= 0.6 is 0 Å². The highest BCUT2D eigenvalue weighted by atomic mass is 19.1. The minimum absolute atomic E-state index is 0.100. The van der Waals surface area contributed by atoms with Crippen molar-refractivity contribution in [1.82, 2.24) is 4.90 Å². The zero-order valence-corrected chi connectivity index (χ0v) is 17.0. The summed E-state index contributed by atoms with van der Waals surface area (Å²) in [6.07, 6.45) is 6.79. The van der Waals surface area contributed by atoms with Crippen molar-refractivity contribution in [2.75, 3.05) is 0 Å². The van der Waals surface area contributed by atoms with Gasteiger partial charge in [0, 0.05) is 17.7 Å². The van der Waals surface area contributed by atoms with Gasteiger partial charge in [0.2, 0.25) is 5.91 Å². The predicted molar refractivity (Wildman–Crippen MR) is 114 cm³/mol. The van der Waals surface area contributed by atoms with E-state index >= 15 is 0 Å². The van der Waals surface area contributed by atoms with E-state index in [1.54, 1.807) is 12.2 Å². The number of hydrogen-bond acceptors (Lipinski definition) is 3. The van der Waals surface area contributed by atoms with Gasteiger partial charge < -0.3 is 5.11 Å². The van der Waals surface area contributed by atoms with Gasteiger partial charge in [-0.25, -0.2) is 4.39 Å². The molecule has 1 amide bonds. The molecule has 1 fully saturated rings. The number of aliphatic hydroxyl groups excluding tert-OH is 1. The van der Waals surface area contributed by atoms with Crippen LogP contribution in [0, 0.1) is 23.6 Å². The predicted octanol–water partition coefficient (Wildman–Crippen LogP) is 5.29. The van der Waals surface area contributed by atoms with Crippen LogP contribution in [0.15, 0.2) is 83.7 Å². The lowest BCUT2D eigenvalue weighted by Crippen LogP contribution is -2.49. The van der Waals surface area contributed by atoms with E-state index in [2.05, 4.69) is 18.4 Å². The molecule has 1 aromatic rings. The van der Waals surface area contributed by atoms with Crippen LogP contribution in [0.5, 0.6) is 0 Å². The minimum atomic E-state index is -0.629. The second-order valence-corrected chi connectivity index (χ2v) is 7.11. The maximum absolute atomic E-state index is 13.4. The van der Waals surface area contributed by atoms with E-state index in [1.807, 2.05) is 0 Å². The summed E-state index contributed by atoms with van der Waals surface area (Å²) in [5.74, 6) is 2.89. The number of halogens is 2. The van der Waals surface area contributed by atoms with Gasteiger partial charge in [-0.1, -0.05) is 12.7 Å². The van der Waals surface area contributed by atoms with Crippen molar-refractivity contribution in [2.24, 2.45) is 5.92 Å². The Bertz CT molecular complexity index is 1110. The Morgan fingerprint density at radius 3 is 2.61 bits per heavy atom. The maximum atomic E-state index is 13.4. The summed E-state index contributed by atoms with van der Waals surface area (Å²) in [5.41, 5.74) is 1.93. The van der Waals surface area contributed by atoms with E-state index < -0.39 is 17.6 Å². The quantitative estimate of drug-likeness (QED) is 0.399. The Morgan fingerprint density at radius 2 is 2.00 bits per heavy atom. The normalized spacial score (nSPS) is 20.5. The monoisotopic (exact) mass is 421 g/mol. The first kappa shape index (κ1) is 22.0. The van der Waals surface area contributed by atoms with Gasteiger partial charge in [-0.2, -0.15) is 4.39 Å². The van der Waals surface area contributed by atoms with Crippen LogP contribution in [-0.2, 0) is 4.79 Å². The first-order chi connectivity index (χ1) is 14.8. The Kier molecular flexibility index (Phi) is 6.66. The van der Waals surface area contributed by atoms with Crippen LogP contribution in [-0.4, -0.2) is 21.7 Å². The zero-order chi connectivity index (χ0) is 22.5. The Morgan fingerprint density at radius 1 is 1.29 bits per heavy atom. The molecule has 6 heteroatoms. The molecule has 2 aliphatic rings. The fourth-order valence-corrected chi connectivity index (χ4v) is 3.43. The molecule has 1 N–H and O–H groups in total. The molecule has 1 aliphatic carbocycles. The Hall–Kier alpha value is -3.72. The topological polar surface area (TPSA) is 57.6 Å². The third-order valence-electron chi connectivity index (χ3n) is 5.08. The maximum Gasteiger partial charge on any atom is 0.240 e. The van der Waals surface area contributed by atoms with Crippen molar-refractivity contribution < 1.29 is 23.5 Å². The molecule has 1 aromatic carbocycles. The van der Waals surface area contributed by atoms with Crippen LogP contribution in [0.1, 0.15) is 36.5 Å². The molecule has 0 aromatic heterocycles. The number of rotatable bonds is 5. The van der Waals surface area contributed by atoms with Crippen molar-refractivity contribution in [3.8, 4) is 11.8 Å². The molecule has 0 spiro atoms. The highest BCUT2D eigenvalue weighted by Gasteiger charge is 2.45. The van der Waals surface area contributed by atoms with E-state index in [4.69, 9.17) is 0 Å². The molecular formula is C25H21F2NO3. The zero-order valence-electron chi connectivity index (χ0n) is 17.0. The van der Waals surface area contributed by atoms with Crippen LogP contribution in [0.2, 0.25) is 0 Å². The van der Waals surface area contributed by atoms with E-state index in [1.165, 1.54) is 48.2 Å². The molecule has 31 heavy (non-hydrogen) atoms. The van der Waals surface area contributed by atoms with E-state index in [0.717, 1.165) is 5.57 Å². The molecule has 4 nitrogen and oxygen atoms in total. The largest absolute Gasteiger partial charge is 0.508 e. The summed E-state index contributed by atoms with van der Waals surface area (Å²) in [5, 5.41) is 9.60. The van der Waals surface area contributed by atoms with Gasteiger partial charge in [-0.3, -0.25) is 14.5 Å². The molecule has 158 valence electrons. The number of carbonyl (C=O) groups excluding carboxylic acids is 2. The molecule has 0 unspecified atom stereocenters. The second-order valence-electron chi connectivity index (χ2n) is 7.11. The molecule has 1 saturated heterocycles. The van der Waals surface area contributed by atoms with Crippen LogP contribution < -0.4 is 0 Å². The average Bonchev–Trinajstić information content (AvgIpc) is 2.76. The van der Waals surface area contributed by atoms with Crippen molar-refractivity contribution in [3.05, 3.63) is 95.1 Å². The number of Topliss-reactive ketones (excluding diaryl/α,β-unsaturated/α-hetero) is 1. The van der Waals surface area contributed by atoms with Crippen LogP contribution in [0.25, 0.3) is 0 Å². The summed E-state index contributed by atoms with van der Waals surface area (Å²) in [6, 6.07) is 5.26. The van der Waals surface area contributed by atoms with E-state index in [0.29, 0.717) is 17.7 Å². The molecular weight excluding hydrogens is 400 g/mol. The fraction of sp³-hybridized carbons (Fsp3) is 0.200. The second kappa shape index (κ2) is 9.40. The lowest BCUT2D eigenvalue weighted by atomic mass is 9.82. The third kappa shape index (κ3) is 4.89. The fourth-order valence-electron chi connectivity index (χ4n) is 3.43. The Labute approximate surface area is 179 Å². The summed E-state index contributed by atoms with van der Waals surface area (Å²) in [4.78, 5) is 26.6. The minimum Gasteiger partial charge on any atom is -0.508 e.